The lowest BCUT2D eigenvalue weighted by molar-refractivity contribution is -0.130. The van der Waals surface area contributed by atoms with Crippen LogP contribution in [0.5, 0.6) is 0 Å². The number of hydrogen-bond acceptors (Lipinski definition) is 5. The van der Waals surface area contributed by atoms with Crippen molar-refractivity contribution in [3.8, 4) is 5.69 Å². The van der Waals surface area contributed by atoms with Crippen LogP contribution >= 0.6 is 23.1 Å². The second-order valence-electron chi connectivity index (χ2n) is 8.14. The van der Waals surface area contributed by atoms with Crippen LogP contribution in [-0.2, 0) is 4.79 Å². The molecule has 1 aliphatic rings. The number of thioether (sulfide) groups is 1. The number of aromatic nitrogens is 2. The van der Waals surface area contributed by atoms with Gasteiger partial charge >= 0.3 is 0 Å². The highest BCUT2D eigenvalue weighted by Crippen LogP contribution is 2.26. The molecule has 158 valence electrons. The Morgan fingerprint density at radius 2 is 2.00 bits per heavy atom. The monoisotopic (exact) mass is 445 g/mol. The Balaban J connectivity index is 1.67. The summed E-state index contributed by atoms with van der Waals surface area (Å²) in [6, 6.07) is 6.37. The zero-order valence-corrected chi connectivity index (χ0v) is 18.9. The number of aryl methyl sites for hydroxylation is 1. The zero-order valence-electron chi connectivity index (χ0n) is 17.2. The summed E-state index contributed by atoms with van der Waals surface area (Å²) in [5.74, 6) is 0.920. The third-order valence-corrected chi connectivity index (χ3v) is 7.21. The van der Waals surface area contributed by atoms with E-state index in [4.69, 9.17) is 0 Å². The van der Waals surface area contributed by atoms with Crippen LogP contribution in [0.1, 0.15) is 25.8 Å². The van der Waals surface area contributed by atoms with E-state index in [0.29, 0.717) is 38.5 Å². The molecule has 0 unspecified atom stereocenters. The summed E-state index contributed by atoms with van der Waals surface area (Å²) in [5.41, 5.74) is 1.43. The van der Waals surface area contributed by atoms with E-state index in [0.717, 1.165) is 19.5 Å². The average Bonchev–Trinajstić information content (AvgIpc) is 3.17. The van der Waals surface area contributed by atoms with Crippen LogP contribution < -0.4 is 5.56 Å². The minimum Gasteiger partial charge on any atom is -0.341 e. The third kappa shape index (κ3) is 4.16. The van der Waals surface area contributed by atoms with Crippen molar-refractivity contribution in [2.45, 2.75) is 32.3 Å². The molecule has 0 bridgehead atoms. The SMILES string of the molecule is Cc1cc(-n2c(SCC(=O)N3C[C@@H](C)C[C@H](C)C3)nc3ccsc3c2=O)ccc1F. The first-order valence-corrected chi connectivity index (χ1v) is 11.9. The van der Waals surface area contributed by atoms with E-state index in [1.165, 1.54) is 33.7 Å². The summed E-state index contributed by atoms with van der Waals surface area (Å²) in [4.78, 5) is 32.6. The van der Waals surface area contributed by atoms with Crippen molar-refractivity contribution in [3.05, 3.63) is 51.4 Å². The normalized spacial score (nSPS) is 19.4. The number of likely N-dealkylation sites (tertiary alicyclic amines) is 1. The Bertz CT molecular complexity index is 1150. The topological polar surface area (TPSA) is 55.2 Å². The molecule has 1 amide bonds. The van der Waals surface area contributed by atoms with Crippen molar-refractivity contribution in [3.63, 3.8) is 0 Å². The van der Waals surface area contributed by atoms with Crippen molar-refractivity contribution < 1.29 is 9.18 Å². The van der Waals surface area contributed by atoms with Gasteiger partial charge in [-0.05, 0) is 60.4 Å². The number of piperidine rings is 1. The summed E-state index contributed by atoms with van der Waals surface area (Å²) in [6.07, 6.45) is 1.14. The molecule has 0 radical (unpaired) electrons. The van der Waals surface area contributed by atoms with Crippen LogP contribution in [0.25, 0.3) is 15.9 Å². The second-order valence-corrected chi connectivity index (χ2v) is 10.00. The van der Waals surface area contributed by atoms with Gasteiger partial charge in [0.15, 0.2) is 5.16 Å². The molecule has 0 saturated carbocycles. The lowest BCUT2D eigenvalue weighted by Gasteiger charge is -2.35. The van der Waals surface area contributed by atoms with Gasteiger partial charge in [-0.25, -0.2) is 9.37 Å². The quantitative estimate of drug-likeness (QED) is 0.439. The fourth-order valence-corrected chi connectivity index (χ4v) is 5.74. The lowest BCUT2D eigenvalue weighted by Crippen LogP contribution is -2.43. The number of halogens is 1. The van der Waals surface area contributed by atoms with Crippen LogP contribution in [0.15, 0.2) is 39.6 Å². The van der Waals surface area contributed by atoms with Crippen LogP contribution in [0.3, 0.4) is 0 Å². The number of rotatable bonds is 4. The predicted octanol–water partition coefficient (Wildman–Crippen LogP) is 4.49. The van der Waals surface area contributed by atoms with Crippen molar-refractivity contribution in [1.82, 2.24) is 14.5 Å². The van der Waals surface area contributed by atoms with Crippen LogP contribution in [0.4, 0.5) is 4.39 Å². The Labute approximate surface area is 182 Å². The van der Waals surface area contributed by atoms with E-state index < -0.39 is 0 Å². The second kappa shape index (κ2) is 8.51. The highest BCUT2D eigenvalue weighted by molar-refractivity contribution is 7.99. The fourth-order valence-electron chi connectivity index (χ4n) is 4.07. The summed E-state index contributed by atoms with van der Waals surface area (Å²) in [7, 11) is 0. The smallest absolute Gasteiger partial charge is 0.276 e. The highest BCUT2D eigenvalue weighted by atomic mass is 32.2. The number of amides is 1. The average molecular weight is 446 g/mol. The number of nitrogens with zero attached hydrogens (tertiary/aromatic N) is 3. The van der Waals surface area contributed by atoms with Crippen molar-refractivity contribution in [1.29, 1.82) is 0 Å². The van der Waals surface area contributed by atoms with E-state index in [2.05, 4.69) is 18.8 Å². The van der Waals surface area contributed by atoms with Gasteiger partial charge in [0.1, 0.15) is 10.5 Å². The Hall–Kier alpha value is -2.19. The predicted molar refractivity (Wildman–Crippen MR) is 120 cm³/mol. The molecule has 0 N–H and O–H groups in total. The lowest BCUT2D eigenvalue weighted by atomic mass is 9.92. The van der Waals surface area contributed by atoms with E-state index in [9.17, 15) is 14.0 Å². The molecule has 30 heavy (non-hydrogen) atoms. The molecule has 0 aliphatic carbocycles. The van der Waals surface area contributed by atoms with Crippen LogP contribution in [0, 0.1) is 24.6 Å². The molecule has 1 aliphatic heterocycles. The molecule has 4 rings (SSSR count). The van der Waals surface area contributed by atoms with Gasteiger partial charge in [0.2, 0.25) is 5.91 Å². The van der Waals surface area contributed by atoms with Crippen molar-refractivity contribution in [2.24, 2.45) is 11.8 Å². The minimum atomic E-state index is -0.324. The summed E-state index contributed by atoms with van der Waals surface area (Å²) < 4.78 is 15.8. The highest BCUT2D eigenvalue weighted by Gasteiger charge is 2.26. The molecular weight excluding hydrogens is 421 g/mol. The summed E-state index contributed by atoms with van der Waals surface area (Å²) in [5, 5.41) is 2.28. The molecule has 2 atom stereocenters. The minimum absolute atomic E-state index is 0.0555. The molecule has 1 aromatic carbocycles. The van der Waals surface area contributed by atoms with Gasteiger partial charge in [0, 0.05) is 13.1 Å². The number of fused-ring (bicyclic) bond motifs is 1. The van der Waals surface area contributed by atoms with Gasteiger partial charge in [-0.1, -0.05) is 25.6 Å². The van der Waals surface area contributed by atoms with Crippen LogP contribution in [-0.4, -0.2) is 39.2 Å². The number of carbonyl (C=O) groups excluding carboxylic acids is 1. The zero-order chi connectivity index (χ0) is 21.4. The standard InChI is InChI=1S/C22H24FN3O2S2/c1-13-8-14(2)11-25(10-13)19(27)12-30-22-24-18-6-7-29-20(18)21(28)26(22)16-4-5-17(23)15(3)9-16/h4-7,9,13-14H,8,10-12H2,1-3H3/t13-,14-/m0/s1. The molecule has 3 heterocycles. The molecule has 1 fully saturated rings. The number of hydrogen-bond donors (Lipinski definition) is 0. The molecule has 8 heteroatoms. The Morgan fingerprint density at radius 3 is 2.70 bits per heavy atom. The molecule has 0 spiro atoms. The van der Waals surface area contributed by atoms with Gasteiger partial charge in [0.25, 0.3) is 5.56 Å². The van der Waals surface area contributed by atoms with Crippen molar-refractivity contribution in [2.75, 3.05) is 18.8 Å². The van der Waals surface area contributed by atoms with Crippen LogP contribution in [0.2, 0.25) is 0 Å². The fraction of sp³-hybridized carbons (Fsp3) is 0.409. The molecule has 1 saturated heterocycles. The molecule has 5 nitrogen and oxygen atoms in total. The van der Waals surface area contributed by atoms with Gasteiger partial charge in [-0.15, -0.1) is 11.3 Å². The number of benzene rings is 1. The molecule has 3 aromatic rings. The number of carbonyl (C=O) groups is 1. The summed E-state index contributed by atoms with van der Waals surface area (Å²) in [6.45, 7) is 7.54. The maximum absolute atomic E-state index is 13.8. The van der Waals surface area contributed by atoms with E-state index in [1.807, 2.05) is 16.3 Å². The van der Waals surface area contributed by atoms with Gasteiger partial charge < -0.3 is 4.90 Å². The van der Waals surface area contributed by atoms with E-state index in [-0.39, 0.29) is 23.0 Å². The summed E-state index contributed by atoms with van der Waals surface area (Å²) >= 11 is 2.59. The molecular formula is C22H24FN3O2S2. The van der Waals surface area contributed by atoms with E-state index in [1.54, 1.807) is 19.1 Å². The Kier molecular flexibility index (Phi) is 5.97. The first-order valence-electron chi connectivity index (χ1n) is 10.0. The van der Waals surface area contributed by atoms with E-state index >= 15 is 0 Å². The largest absolute Gasteiger partial charge is 0.341 e. The first kappa shape index (κ1) is 21.1. The van der Waals surface area contributed by atoms with Gasteiger partial charge in [-0.3, -0.25) is 14.2 Å². The van der Waals surface area contributed by atoms with Crippen molar-refractivity contribution >= 4 is 39.2 Å². The van der Waals surface area contributed by atoms with Gasteiger partial charge in [-0.2, -0.15) is 0 Å². The van der Waals surface area contributed by atoms with Gasteiger partial charge in [0.05, 0.1) is 17.0 Å². The maximum atomic E-state index is 13.8. The third-order valence-electron chi connectivity index (χ3n) is 5.40. The number of thiophene rings is 1. The Morgan fingerprint density at radius 1 is 1.27 bits per heavy atom. The molecule has 2 aromatic heterocycles. The first-order chi connectivity index (χ1) is 14.3. The maximum Gasteiger partial charge on any atom is 0.276 e.